The largest absolute Gasteiger partial charge is 0.477 e. The normalized spacial score (nSPS) is 11.4. The third-order valence-electron chi connectivity index (χ3n) is 3.14. The third kappa shape index (κ3) is 4.49. The topological polar surface area (TPSA) is 62.7 Å². The van der Waals surface area contributed by atoms with E-state index in [1.807, 2.05) is 6.92 Å². The second-order valence-corrected chi connectivity index (χ2v) is 5.38. The van der Waals surface area contributed by atoms with E-state index < -0.39 is 5.97 Å². The molecule has 1 rings (SSSR count). The number of carboxylic acids is 1. The lowest BCUT2D eigenvalue weighted by molar-refractivity contribution is 0.0688. The number of pyridine rings is 1. The van der Waals surface area contributed by atoms with Crippen LogP contribution in [0.1, 0.15) is 43.7 Å². The number of hydrogen-bond acceptors (Lipinski definition) is 4. The molecule has 20 heavy (non-hydrogen) atoms. The van der Waals surface area contributed by atoms with Gasteiger partial charge in [-0.15, -0.1) is 0 Å². The van der Waals surface area contributed by atoms with E-state index in [1.165, 1.54) is 6.07 Å². The van der Waals surface area contributed by atoms with Crippen molar-refractivity contribution < 1.29 is 14.6 Å². The number of rotatable bonds is 7. The molecule has 0 aliphatic carbocycles. The highest BCUT2D eigenvalue weighted by molar-refractivity contribution is 5.90. The molecule has 1 N–H and O–H groups in total. The summed E-state index contributed by atoms with van der Waals surface area (Å²) in [6.07, 6.45) is 0. The fourth-order valence-corrected chi connectivity index (χ4v) is 2.17. The van der Waals surface area contributed by atoms with Gasteiger partial charge in [-0.25, -0.2) is 9.78 Å². The zero-order valence-corrected chi connectivity index (χ0v) is 12.9. The van der Waals surface area contributed by atoms with Crippen LogP contribution in [-0.2, 0) is 0 Å². The molecular weight excluding hydrogens is 256 g/mol. The highest BCUT2D eigenvalue weighted by Gasteiger charge is 2.16. The summed E-state index contributed by atoms with van der Waals surface area (Å²) < 4.78 is 5.58. The van der Waals surface area contributed by atoms with Crippen molar-refractivity contribution in [3.8, 4) is 5.88 Å². The van der Waals surface area contributed by atoms with Crippen LogP contribution in [0, 0.1) is 6.92 Å². The predicted octanol–water partition coefficient (Wildman–Crippen LogP) is 2.59. The first-order valence-electron chi connectivity index (χ1n) is 6.92. The molecule has 0 aliphatic heterocycles. The van der Waals surface area contributed by atoms with Crippen molar-refractivity contribution >= 4 is 5.97 Å². The van der Waals surface area contributed by atoms with E-state index in [0.29, 0.717) is 18.7 Å². The SMILES string of the molecule is Cc1ccc(C(=O)O)c(OCCN(C(C)C)C(C)C)n1. The second kappa shape index (κ2) is 7.24. The Morgan fingerprint density at radius 3 is 2.40 bits per heavy atom. The van der Waals surface area contributed by atoms with Crippen LogP contribution in [0.25, 0.3) is 0 Å². The molecule has 112 valence electrons. The van der Waals surface area contributed by atoms with Gasteiger partial charge >= 0.3 is 5.97 Å². The average Bonchev–Trinajstić information content (AvgIpc) is 2.33. The van der Waals surface area contributed by atoms with Gasteiger partial charge in [-0.05, 0) is 46.8 Å². The Balaban J connectivity index is 2.70. The average molecular weight is 280 g/mol. The van der Waals surface area contributed by atoms with Crippen LogP contribution in [-0.4, -0.2) is 46.2 Å². The Labute approximate surface area is 120 Å². The Morgan fingerprint density at radius 1 is 1.30 bits per heavy atom. The Kier molecular flexibility index (Phi) is 5.95. The number of aromatic carboxylic acids is 1. The first-order valence-corrected chi connectivity index (χ1v) is 6.92. The highest BCUT2D eigenvalue weighted by Crippen LogP contribution is 2.16. The summed E-state index contributed by atoms with van der Waals surface area (Å²) in [5.41, 5.74) is 0.853. The van der Waals surface area contributed by atoms with Crippen LogP contribution in [0.3, 0.4) is 0 Å². The number of carboxylic acid groups (broad SMARTS) is 1. The lowest BCUT2D eigenvalue weighted by Gasteiger charge is -2.30. The fraction of sp³-hybridized carbons (Fsp3) is 0.600. The molecule has 0 aromatic carbocycles. The third-order valence-corrected chi connectivity index (χ3v) is 3.14. The fourth-order valence-electron chi connectivity index (χ4n) is 2.17. The van der Waals surface area contributed by atoms with Gasteiger partial charge in [0.05, 0.1) is 0 Å². The van der Waals surface area contributed by atoms with E-state index in [4.69, 9.17) is 9.84 Å². The van der Waals surface area contributed by atoms with Crippen LogP contribution < -0.4 is 4.74 Å². The van der Waals surface area contributed by atoms with E-state index >= 15 is 0 Å². The van der Waals surface area contributed by atoms with Crippen LogP contribution in [0.5, 0.6) is 5.88 Å². The van der Waals surface area contributed by atoms with Gasteiger partial charge in [0, 0.05) is 24.3 Å². The van der Waals surface area contributed by atoms with Crippen LogP contribution in [0.2, 0.25) is 0 Å². The van der Waals surface area contributed by atoms with Gasteiger partial charge < -0.3 is 9.84 Å². The van der Waals surface area contributed by atoms with Crippen molar-refractivity contribution in [2.24, 2.45) is 0 Å². The molecule has 0 atom stereocenters. The molecule has 0 spiro atoms. The number of aromatic nitrogens is 1. The van der Waals surface area contributed by atoms with Gasteiger partial charge in [0.2, 0.25) is 5.88 Å². The zero-order chi connectivity index (χ0) is 15.3. The summed E-state index contributed by atoms with van der Waals surface area (Å²) >= 11 is 0. The summed E-state index contributed by atoms with van der Waals surface area (Å²) in [4.78, 5) is 17.6. The predicted molar refractivity (Wildman–Crippen MR) is 78.4 cm³/mol. The van der Waals surface area contributed by atoms with Gasteiger partial charge in [-0.1, -0.05) is 0 Å². The summed E-state index contributed by atoms with van der Waals surface area (Å²) in [6.45, 7) is 11.5. The van der Waals surface area contributed by atoms with Gasteiger partial charge in [0.1, 0.15) is 12.2 Å². The Hall–Kier alpha value is -1.62. The molecule has 0 bridgehead atoms. The number of hydrogen-bond donors (Lipinski definition) is 1. The Bertz CT molecular complexity index is 450. The molecule has 0 saturated heterocycles. The van der Waals surface area contributed by atoms with E-state index in [-0.39, 0.29) is 11.4 Å². The summed E-state index contributed by atoms with van der Waals surface area (Å²) in [5.74, 6) is -0.818. The maximum Gasteiger partial charge on any atom is 0.341 e. The standard InChI is InChI=1S/C15H24N2O3/c1-10(2)17(11(3)4)8-9-20-14-13(15(18)19)7-6-12(5)16-14/h6-7,10-11H,8-9H2,1-5H3,(H,18,19). The minimum absolute atomic E-state index is 0.108. The molecule has 0 aliphatic rings. The van der Waals surface area contributed by atoms with Crippen molar-refractivity contribution in [1.82, 2.24) is 9.88 Å². The van der Waals surface area contributed by atoms with Crippen LogP contribution in [0.4, 0.5) is 0 Å². The summed E-state index contributed by atoms with van der Waals surface area (Å²) in [5, 5.41) is 9.11. The molecular formula is C15H24N2O3. The highest BCUT2D eigenvalue weighted by atomic mass is 16.5. The van der Waals surface area contributed by atoms with E-state index in [0.717, 1.165) is 12.2 Å². The van der Waals surface area contributed by atoms with Crippen LogP contribution in [0.15, 0.2) is 12.1 Å². The molecule has 0 radical (unpaired) electrons. The second-order valence-electron chi connectivity index (χ2n) is 5.38. The first-order chi connectivity index (χ1) is 9.32. The summed E-state index contributed by atoms with van der Waals surface area (Å²) in [7, 11) is 0. The van der Waals surface area contributed by atoms with Crippen LogP contribution >= 0.6 is 0 Å². The summed E-state index contributed by atoms with van der Waals surface area (Å²) in [6, 6.07) is 4.04. The van der Waals surface area contributed by atoms with Gasteiger partial charge in [-0.2, -0.15) is 0 Å². The van der Waals surface area contributed by atoms with Crippen molar-refractivity contribution in [2.75, 3.05) is 13.2 Å². The maximum atomic E-state index is 11.1. The molecule has 1 aromatic rings. The van der Waals surface area contributed by atoms with Gasteiger partial charge in [-0.3, -0.25) is 4.90 Å². The van der Waals surface area contributed by atoms with Crippen molar-refractivity contribution in [3.63, 3.8) is 0 Å². The molecule has 1 aromatic heterocycles. The van der Waals surface area contributed by atoms with E-state index in [1.54, 1.807) is 6.07 Å². The van der Waals surface area contributed by atoms with E-state index in [2.05, 4.69) is 37.6 Å². The maximum absolute atomic E-state index is 11.1. The smallest absolute Gasteiger partial charge is 0.341 e. The van der Waals surface area contributed by atoms with Crippen molar-refractivity contribution in [2.45, 2.75) is 46.7 Å². The first kappa shape index (κ1) is 16.4. The number of carbonyl (C=O) groups is 1. The van der Waals surface area contributed by atoms with Crippen molar-refractivity contribution in [1.29, 1.82) is 0 Å². The molecule has 0 saturated carbocycles. The van der Waals surface area contributed by atoms with Gasteiger partial charge in [0.15, 0.2) is 0 Å². The lowest BCUT2D eigenvalue weighted by atomic mass is 10.2. The molecule has 0 amide bonds. The molecule has 5 heteroatoms. The Morgan fingerprint density at radius 2 is 1.90 bits per heavy atom. The van der Waals surface area contributed by atoms with Crippen molar-refractivity contribution in [3.05, 3.63) is 23.4 Å². The minimum atomic E-state index is -1.02. The quantitative estimate of drug-likeness (QED) is 0.831. The molecule has 5 nitrogen and oxygen atoms in total. The van der Waals surface area contributed by atoms with Gasteiger partial charge in [0.25, 0.3) is 0 Å². The molecule has 0 unspecified atom stereocenters. The lowest BCUT2D eigenvalue weighted by Crippen LogP contribution is -2.39. The van der Waals surface area contributed by atoms with E-state index in [9.17, 15) is 4.79 Å². The monoisotopic (exact) mass is 280 g/mol. The number of ether oxygens (including phenoxy) is 1. The number of nitrogens with zero attached hydrogens (tertiary/aromatic N) is 2. The molecule has 1 heterocycles. The number of aryl methyl sites for hydroxylation is 1. The zero-order valence-electron chi connectivity index (χ0n) is 12.9. The molecule has 0 fully saturated rings. The minimum Gasteiger partial charge on any atom is -0.477 e.